The van der Waals surface area contributed by atoms with Crippen LogP contribution in [0, 0.1) is 0 Å². The van der Waals surface area contributed by atoms with E-state index in [2.05, 4.69) is 4.90 Å². The van der Waals surface area contributed by atoms with Gasteiger partial charge < -0.3 is 4.90 Å². The molecule has 2 aliphatic rings. The number of anilines is 2. The van der Waals surface area contributed by atoms with Crippen molar-refractivity contribution in [2.24, 2.45) is 0 Å². The van der Waals surface area contributed by atoms with E-state index in [-0.39, 0.29) is 11.3 Å². The number of benzene rings is 1. The predicted octanol–water partition coefficient (Wildman–Crippen LogP) is 2.21. The van der Waals surface area contributed by atoms with E-state index < -0.39 is 10.0 Å². The van der Waals surface area contributed by atoms with Crippen LogP contribution in [0.5, 0.6) is 0 Å². The summed E-state index contributed by atoms with van der Waals surface area (Å²) in [4.78, 5) is 2.15. The molecule has 1 unspecified atom stereocenters. The molecule has 1 saturated carbocycles. The average molecular weight is 280 g/mol. The Morgan fingerprint density at radius 3 is 2.37 bits per heavy atom. The third kappa shape index (κ3) is 2.10. The number of rotatable bonds is 2. The van der Waals surface area contributed by atoms with Crippen LogP contribution in [-0.2, 0) is 10.0 Å². The van der Waals surface area contributed by atoms with E-state index in [0.29, 0.717) is 0 Å². The molecule has 3 rings (SSSR count). The lowest BCUT2D eigenvalue weighted by Crippen LogP contribution is -2.40. The summed E-state index contributed by atoms with van der Waals surface area (Å²) in [5, 5.41) is -0.161. The first-order valence-corrected chi connectivity index (χ1v) is 8.35. The smallest absolute Gasteiger partial charge is 0.238 e. The molecule has 1 aromatic rings. The Labute approximate surface area is 115 Å². The number of fused-ring (bicyclic) bond motifs is 1. The fourth-order valence-corrected chi connectivity index (χ4v) is 4.83. The van der Waals surface area contributed by atoms with Gasteiger partial charge in [-0.3, -0.25) is 4.31 Å². The van der Waals surface area contributed by atoms with Gasteiger partial charge in [0.05, 0.1) is 16.6 Å². The number of sulfonamides is 1. The normalized spacial score (nSPS) is 24.0. The summed E-state index contributed by atoms with van der Waals surface area (Å²) >= 11 is 0. The lowest BCUT2D eigenvalue weighted by atomic mass is 10.2. The molecule has 5 heteroatoms. The number of para-hydroxylation sites is 2. The molecule has 0 spiro atoms. The maximum Gasteiger partial charge on any atom is 0.238 e. The molecular formula is C14H20N2O2S. The Kier molecular flexibility index (Phi) is 2.96. The maximum atomic E-state index is 12.7. The molecule has 0 bridgehead atoms. The summed E-state index contributed by atoms with van der Waals surface area (Å²) < 4.78 is 27.0. The lowest BCUT2D eigenvalue weighted by Gasteiger charge is -2.29. The van der Waals surface area contributed by atoms with Gasteiger partial charge in [-0.25, -0.2) is 8.42 Å². The molecule has 0 saturated heterocycles. The summed E-state index contributed by atoms with van der Waals surface area (Å²) in [6.07, 6.45) is 2.48. The first kappa shape index (κ1) is 12.8. The molecule has 0 N–H and O–H groups in total. The summed E-state index contributed by atoms with van der Waals surface area (Å²) in [6, 6.07) is 7.83. The van der Waals surface area contributed by atoms with E-state index in [1.165, 1.54) is 0 Å². The summed E-state index contributed by atoms with van der Waals surface area (Å²) in [7, 11) is -1.16. The fourth-order valence-electron chi connectivity index (χ4n) is 2.74. The van der Waals surface area contributed by atoms with E-state index in [0.717, 1.165) is 37.2 Å². The molecule has 1 aliphatic heterocycles. The topological polar surface area (TPSA) is 40.6 Å². The minimum Gasteiger partial charge on any atom is -0.373 e. The minimum absolute atomic E-state index is 0.0247. The van der Waals surface area contributed by atoms with E-state index >= 15 is 0 Å². The molecule has 0 aromatic heterocycles. The van der Waals surface area contributed by atoms with Crippen molar-refractivity contribution in [3.63, 3.8) is 0 Å². The minimum atomic E-state index is -3.19. The molecule has 4 nitrogen and oxygen atoms in total. The van der Waals surface area contributed by atoms with Crippen molar-refractivity contribution in [2.45, 2.75) is 37.5 Å². The monoisotopic (exact) mass is 280 g/mol. The fraction of sp³-hybridized carbons (Fsp3) is 0.571. The molecule has 0 amide bonds. The number of hydrogen-bond donors (Lipinski definition) is 0. The van der Waals surface area contributed by atoms with Crippen molar-refractivity contribution in [1.29, 1.82) is 0 Å². The SMILES string of the molecule is CC1CCN(C)c2ccccc2N1S(=O)(=O)C1CC1. The highest BCUT2D eigenvalue weighted by atomic mass is 32.2. The zero-order valence-electron chi connectivity index (χ0n) is 11.4. The summed E-state index contributed by atoms with van der Waals surface area (Å²) in [6.45, 7) is 2.89. The van der Waals surface area contributed by atoms with Crippen LogP contribution in [0.15, 0.2) is 24.3 Å². The third-order valence-corrected chi connectivity index (χ3v) is 6.45. The van der Waals surface area contributed by atoms with Crippen LogP contribution in [0.1, 0.15) is 26.2 Å². The molecular weight excluding hydrogens is 260 g/mol. The second kappa shape index (κ2) is 4.40. The lowest BCUT2D eigenvalue weighted by molar-refractivity contribution is 0.573. The average Bonchev–Trinajstić information content (AvgIpc) is 3.20. The van der Waals surface area contributed by atoms with Crippen LogP contribution in [-0.4, -0.2) is 33.3 Å². The van der Waals surface area contributed by atoms with E-state index in [9.17, 15) is 8.42 Å². The van der Waals surface area contributed by atoms with Crippen LogP contribution in [0.2, 0.25) is 0 Å². The Bertz CT molecular complexity index is 581. The first-order valence-electron chi connectivity index (χ1n) is 6.85. The Morgan fingerprint density at radius 1 is 1.11 bits per heavy atom. The van der Waals surface area contributed by atoms with Gasteiger partial charge >= 0.3 is 0 Å². The van der Waals surface area contributed by atoms with E-state index in [1.54, 1.807) is 4.31 Å². The van der Waals surface area contributed by atoms with Crippen molar-refractivity contribution in [3.8, 4) is 0 Å². The molecule has 0 radical (unpaired) electrons. The van der Waals surface area contributed by atoms with Crippen molar-refractivity contribution in [2.75, 3.05) is 22.8 Å². The molecule has 104 valence electrons. The van der Waals surface area contributed by atoms with Crippen LogP contribution in [0.4, 0.5) is 11.4 Å². The van der Waals surface area contributed by atoms with Crippen molar-refractivity contribution >= 4 is 21.4 Å². The van der Waals surface area contributed by atoms with Crippen molar-refractivity contribution in [1.82, 2.24) is 0 Å². The predicted molar refractivity (Wildman–Crippen MR) is 78.2 cm³/mol. The maximum absolute atomic E-state index is 12.7. The van der Waals surface area contributed by atoms with Gasteiger partial charge in [0, 0.05) is 19.6 Å². The number of nitrogens with zero attached hydrogens (tertiary/aromatic N) is 2. The second-order valence-corrected chi connectivity index (χ2v) is 7.68. The highest BCUT2D eigenvalue weighted by Gasteiger charge is 2.43. The van der Waals surface area contributed by atoms with Crippen molar-refractivity contribution in [3.05, 3.63) is 24.3 Å². The highest BCUT2D eigenvalue weighted by molar-refractivity contribution is 7.93. The standard InChI is InChI=1S/C14H20N2O2S/c1-11-9-10-15(2)13-5-3-4-6-14(13)16(11)19(17,18)12-7-8-12/h3-6,11-12H,7-10H2,1-2H3. The van der Waals surface area contributed by atoms with Gasteiger partial charge in [-0.05, 0) is 38.3 Å². The Morgan fingerprint density at radius 2 is 1.74 bits per heavy atom. The molecule has 19 heavy (non-hydrogen) atoms. The molecule has 1 heterocycles. The largest absolute Gasteiger partial charge is 0.373 e. The van der Waals surface area contributed by atoms with E-state index in [4.69, 9.17) is 0 Å². The highest BCUT2D eigenvalue weighted by Crippen LogP contribution is 2.40. The Balaban J connectivity index is 2.13. The van der Waals surface area contributed by atoms with Crippen LogP contribution in [0.25, 0.3) is 0 Å². The van der Waals surface area contributed by atoms with Gasteiger partial charge in [0.1, 0.15) is 0 Å². The molecule has 1 aliphatic carbocycles. The number of hydrogen-bond acceptors (Lipinski definition) is 3. The summed E-state index contributed by atoms with van der Waals surface area (Å²) in [5.41, 5.74) is 1.85. The zero-order chi connectivity index (χ0) is 13.6. The Hall–Kier alpha value is -1.23. The van der Waals surface area contributed by atoms with Crippen molar-refractivity contribution < 1.29 is 8.42 Å². The van der Waals surface area contributed by atoms with Gasteiger partial charge in [-0.2, -0.15) is 0 Å². The second-order valence-electron chi connectivity index (χ2n) is 5.59. The van der Waals surface area contributed by atoms with E-state index in [1.807, 2.05) is 38.2 Å². The van der Waals surface area contributed by atoms with Gasteiger partial charge in [-0.1, -0.05) is 12.1 Å². The van der Waals surface area contributed by atoms with Gasteiger partial charge in [0.15, 0.2) is 0 Å². The van der Waals surface area contributed by atoms with Crippen LogP contribution >= 0.6 is 0 Å². The van der Waals surface area contributed by atoms with Gasteiger partial charge in [-0.15, -0.1) is 0 Å². The van der Waals surface area contributed by atoms with Gasteiger partial charge in [0.2, 0.25) is 10.0 Å². The van der Waals surface area contributed by atoms with Gasteiger partial charge in [0.25, 0.3) is 0 Å². The zero-order valence-corrected chi connectivity index (χ0v) is 12.2. The first-order chi connectivity index (χ1) is 9.01. The molecule has 1 fully saturated rings. The molecule has 1 atom stereocenters. The summed E-state index contributed by atoms with van der Waals surface area (Å²) in [5.74, 6) is 0. The van der Waals surface area contributed by atoms with Crippen LogP contribution < -0.4 is 9.21 Å². The van der Waals surface area contributed by atoms with Crippen LogP contribution in [0.3, 0.4) is 0 Å². The third-order valence-electron chi connectivity index (χ3n) is 4.03. The molecule has 1 aromatic carbocycles. The quantitative estimate of drug-likeness (QED) is 0.834.